The first-order chi connectivity index (χ1) is 11.6. The van der Waals surface area contributed by atoms with Crippen molar-refractivity contribution < 1.29 is 24.2 Å². The SMILES string of the molecule is CN(CC(=O)O)NC(=O)[C@H](Cc1ccccc1)NC(=O)OC(C)(C)C. The maximum atomic E-state index is 12.4. The molecule has 8 nitrogen and oxygen atoms in total. The lowest BCUT2D eigenvalue weighted by Gasteiger charge is -2.25. The first-order valence-electron chi connectivity index (χ1n) is 7.83. The second kappa shape index (κ2) is 9.03. The van der Waals surface area contributed by atoms with E-state index < -0.39 is 29.6 Å². The fourth-order valence-corrected chi connectivity index (χ4v) is 2.02. The summed E-state index contributed by atoms with van der Waals surface area (Å²) in [5.41, 5.74) is 2.59. The molecule has 0 spiro atoms. The van der Waals surface area contributed by atoms with Crippen LogP contribution in [-0.2, 0) is 20.7 Å². The molecule has 0 aliphatic carbocycles. The molecule has 1 rings (SSSR count). The second-order valence-corrected chi connectivity index (χ2v) is 6.61. The minimum atomic E-state index is -1.08. The molecule has 0 radical (unpaired) electrons. The van der Waals surface area contributed by atoms with Gasteiger partial charge in [-0.25, -0.2) is 9.80 Å². The third kappa shape index (κ3) is 8.71. The van der Waals surface area contributed by atoms with E-state index in [2.05, 4.69) is 10.7 Å². The Bertz CT molecular complexity index is 598. The van der Waals surface area contributed by atoms with Gasteiger partial charge in [-0.15, -0.1) is 0 Å². The minimum absolute atomic E-state index is 0.243. The first kappa shape index (κ1) is 20.4. The molecular formula is C17H25N3O5. The lowest BCUT2D eigenvalue weighted by atomic mass is 10.1. The van der Waals surface area contributed by atoms with E-state index in [1.165, 1.54) is 7.05 Å². The van der Waals surface area contributed by atoms with Crippen molar-refractivity contribution >= 4 is 18.0 Å². The zero-order valence-corrected chi connectivity index (χ0v) is 14.9. The van der Waals surface area contributed by atoms with E-state index in [4.69, 9.17) is 9.84 Å². The highest BCUT2D eigenvalue weighted by Crippen LogP contribution is 2.08. The quantitative estimate of drug-likeness (QED) is 0.637. The van der Waals surface area contributed by atoms with Crippen molar-refractivity contribution in [3.63, 3.8) is 0 Å². The van der Waals surface area contributed by atoms with Gasteiger partial charge in [0.05, 0.1) is 0 Å². The molecule has 1 aromatic carbocycles. The number of carboxylic acids is 1. The average Bonchev–Trinajstić information content (AvgIpc) is 2.44. The Labute approximate surface area is 147 Å². The number of carbonyl (C=O) groups is 3. The Hall–Kier alpha value is -2.61. The molecule has 0 aliphatic heterocycles. The zero-order chi connectivity index (χ0) is 19.0. The van der Waals surface area contributed by atoms with Crippen LogP contribution in [0.3, 0.4) is 0 Å². The Kier molecular flexibility index (Phi) is 7.38. The van der Waals surface area contributed by atoms with Gasteiger partial charge in [0.25, 0.3) is 5.91 Å². The molecule has 0 aromatic heterocycles. The van der Waals surface area contributed by atoms with Crippen LogP contribution in [-0.4, -0.2) is 53.3 Å². The highest BCUT2D eigenvalue weighted by atomic mass is 16.6. The molecule has 1 atom stereocenters. The predicted octanol–water partition coefficient (Wildman–Crippen LogP) is 1.17. The van der Waals surface area contributed by atoms with Crippen molar-refractivity contribution in [1.29, 1.82) is 0 Å². The van der Waals surface area contributed by atoms with E-state index in [9.17, 15) is 14.4 Å². The zero-order valence-electron chi connectivity index (χ0n) is 14.9. The first-order valence-corrected chi connectivity index (χ1v) is 7.83. The van der Waals surface area contributed by atoms with Crippen LogP contribution in [0.2, 0.25) is 0 Å². The van der Waals surface area contributed by atoms with E-state index in [1.807, 2.05) is 30.3 Å². The largest absolute Gasteiger partial charge is 0.480 e. The van der Waals surface area contributed by atoms with Gasteiger partial charge in [-0.3, -0.25) is 15.0 Å². The van der Waals surface area contributed by atoms with E-state index >= 15 is 0 Å². The van der Waals surface area contributed by atoms with Crippen molar-refractivity contribution in [2.24, 2.45) is 0 Å². The monoisotopic (exact) mass is 351 g/mol. The van der Waals surface area contributed by atoms with Crippen LogP contribution in [0, 0.1) is 0 Å². The number of hydrogen-bond donors (Lipinski definition) is 3. The normalized spacial score (nSPS) is 12.4. The summed E-state index contributed by atoms with van der Waals surface area (Å²) in [7, 11) is 1.43. The molecule has 0 heterocycles. The van der Waals surface area contributed by atoms with E-state index in [1.54, 1.807) is 20.8 Å². The summed E-state index contributed by atoms with van der Waals surface area (Å²) in [6.45, 7) is 4.80. The van der Waals surface area contributed by atoms with Crippen LogP contribution in [0.5, 0.6) is 0 Å². The Balaban J connectivity index is 2.81. The number of amides is 2. The molecule has 0 bridgehead atoms. The van der Waals surface area contributed by atoms with Crippen molar-refractivity contribution in [2.45, 2.75) is 38.8 Å². The van der Waals surface area contributed by atoms with E-state index in [-0.39, 0.29) is 13.0 Å². The third-order valence-electron chi connectivity index (χ3n) is 2.96. The third-order valence-corrected chi connectivity index (χ3v) is 2.96. The van der Waals surface area contributed by atoms with Gasteiger partial charge in [0.1, 0.15) is 18.2 Å². The predicted molar refractivity (Wildman–Crippen MR) is 91.7 cm³/mol. The number of benzene rings is 1. The highest BCUT2D eigenvalue weighted by molar-refractivity contribution is 5.85. The minimum Gasteiger partial charge on any atom is -0.480 e. The standard InChI is InChI=1S/C17H25N3O5/c1-17(2,3)25-16(24)18-13(10-12-8-6-5-7-9-12)15(23)19-20(4)11-14(21)22/h5-9,13H,10-11H2,1-4H3,(H,18,24)(H,19,23)(H,21,22)/t13-/m0/s1. The summed E-state index contributed by atoms with van der Waals surface area (Å²) >= 11 is 0. The number of ether oxygens (including phenoxy) is 1. The molecule has 0 saturated heterocycles. The van der Waals surface area contributed by atoms with Crippen LogP contribution in [0.15, 0.2) is 30.3 Å². The number of likely N-dealkylation sites (N-methyl/N-ethyl adjacent to an activating group) is 1. The molecular weight excluding hydrogens is 326 g/mol. The van der Waals surface area contributed by atoms with Crippen molar-refractivity contribution in [2.75, 3.05) is 13.6 Å². The number of nitrogens with zero attached hydrogens (tertiary/aromatic N) is 1. The van der Waals surface area contributed by atoms with Gasteiger partial charge in [0, 0.05) is 13.5 Å². The second-order valence-electron chi connectivity index (χ2n) is 6.61. The summed E-state index contributed by atoms with van der Waals surface area (Å²) in [5, 5.41) is 12.4. The molecule has 25 heavy (non-hydrogen) atoms. The molecule has 3 N–H and O–H groups in total. The van der Waals surface area contributed by atoms with Crippen LogP contribution in [0.1, 0.15) is 26.3 Å². The number of nitrogens with one attached hydrogen (secondary N) is 2. The molecule has 0 aliphatic rings. The van der Waals surface area contributed by atoms with Crippen LogP contribution in [0.4, 0.5) is 4.79 Å². The van der Waals surface area contributed by atoms with Gasteiger partial charge in [-0.1, -0.05) is 30.3 Å². The molecule has 0 unspecified atom stereocenters. The fraction of sp³-hybridized carbons (Fsp3) is 0.471. The summed E-state index contributed by atoms with van der Waals surface area (Å²) in [6, 6.07) is 8.26. The van der Waals surface area contributed by atoms with Crippen molar-refractivity contribution in [1.82, 2.24) is 15.8 Å². The lowest BCUT2D eigenvalue weighted by molar-refractivity contribution is -0.140. The molecule has 138 valence electrons. The molecule has 0 fully saturated rings. The maximum absolute atomic E-state index is 12.4. The van der Waals surface area contributed by atoms with Crippen LogP contribution in [0.25, 0.3) is 0 Å². The summed E-state index contributed by atoms with van der Waals surface area (Å²) < 4.78 is 5.19. The molecule has 1 aromatic rings. The fourth-order valence-electron chi connectivity index (χ4n) is 2.02. The summed E-state index contributed by atoms with van der Waals surface area (Å²) in [5.74, 6) is -1.61. The van der Waals surface area contributed by atoms with Crippen LogP contribution >= 0.6 is 0 Å². The number of hydrogen-bond acceptors (Lipinski definition) is 5. The van der Waals surface area contributed by atoms with Gasteiger partial charge < -0.3 is 15.2 Å². The van der Waals surface area contributed by atoms with Gasteiger partial charge in [0.15, 0.2) is 0 Å². The van der Waals surface area contributed by atoms with Crippen molar-refractivity contribution in [3.8, 4) is 0 Å². The number of carbonyl (C=O) groups excluding carboxylic acids is 2. The van der Waals surface area contributed by atoms with E-state index in [0.29, 0.717) is 0 Å². The van der Waals surface area contributed by atoms with E-state index in [0.717, 1.165) is 10.6 Å². The Morgan fingerprint density at radius 1 is 1.20 bits per heavy atom. The number of rotatable bonds is 7. The van der Waals surface area contributed by atoms with Crippen LogP contribution < -0.4 is 10.7 Å². The Morgan fingerprint density at radius 3 is 2.32 bits per heavy atom. The molecule has 8 heteroatoms. The maximum Gasteiger partial charge on any atom is 0.408 e. The highest BCUT2D eigenvalue weighted by Gasteiger charge is 2.25. The van der Waals surface area contributed by atoms with Crippen molar-refractivity contribution in [3.05, 3.63) is 35.9 Å². The van der Waals surface area contributed by atoms with Gasteiger partial charge in [-0.2, -0.15) is 0 Å². The van der Waals surface area contributed by atoms with Gasteiger partial charge >= 0.3 is 12.1 Å². The summed E-state index contributed by atoms with van der Waals surface area (Å²) in [4.78, 5) is 35.1. The smallest absolute Gasteiger partial charge is 0.408 e. The molecule has 0 saturated carbocycles. The van der Waals surface area contributed by atoms with Gasteiger partial charge in [-0.05, 0) is 26.3 Å². The summed E-state index contributed by atoms with van der Waals surface area (Å²) in [6.07, 6.45) is -0.475. The topological polar surface area (TPSA) is 108 Å². The Morgan fingerprint density at radius 2 is 1.80 bits per heavy atom. The lowest BCUT2D eigenvalue weighted by Crippen LogP contribution is -2.53. The number of aliphatic carboxylic acids is 1. The number of carboxylic acid groups (broad SMARTS) is 1. The van der Waals surface area contributed by atoms with Gasteiger partial charge in [0.2, 0.25) is 0 Å². The number of alkyl carbamates (subject to hydrolysis) is 1. The number of hydrazine groups is 1. The molecule has 2 amide bonds. The average molecular weight is 351 g/mol.